The molecular weight excluding hydrogens is 154 g/mol. The number of hydrogen-bond donors (Lipinski definition) is 1. The molecule has 0 atom stereocenters. The molecule has 0 radical (unpaired) electrons. The van der Waals surface area contributed by atoms with E-state index in [9.17, 15) is 5.11 Å². The minimum atomic E-state index is 0.133. The average Bonchev–Trinajstić information content (AvgIpc) is 2.05. The highest BCUT2D eigenvalue weighted by Gasteiger charge is 2.05. The van der Waals surface area contributed by atoms with Crippen molar-refractivity contribution in [3.63, 3.8) is 0 Å². The zero-order chi connectivity index (χ0) is 8.97. The molecule has 0 amide bonds. The minimum absolute atomic E-state index is 0.133. The van der Waals surface area contributed by atoms with Gasteiger partial charge in [-0.2, -0.15) is 0 Å². The SMILES string of the molecule is CCCN(C)c1ncncc1O. The largest absolute Gasteiger partial charge is 0.503 e. The molecule has 66 valence electrons. The highest BCUT2D eigenvalue weighted by atomic mass is 16.3. The maximum Gasteiger partial charge on any atom is 0.177 e. The molecule has 0 aliphatic carbocycles. The van der Waals surface area contributed by atoms with Crippen molar-refractivity contribution in [2.75, 3.05) is 18.5 Å². The fourth-order valence-electron chi connectivity index (χ4n) is 1.05. The van der Waals surface area contributed by atoms with Crippen LogP contribution >= 0.6 is 0 Å². The first-order chi connectivity index (χ1) is 5.75. The van der Waals surface area contributed by atoms with Crippen LogP contribution in [0, 0.1) is 0 Å². The van der Waals surface area contributed by atoms with Gasteiger partial charge in [-0.25, -0.2) is 9.97 Å². The lowest BCUT2D eigenvalue weighted by Gasteiger charge is -2.16. The number of aromatic hydroxyl groups is 1. The van der Waals surface area contributed by atoms with Crippen LogP contribution in [-0.4, -0.2) is 28.7 Å². The standard InChI is InChI=1S/C8H13N3O/c1-3-4-11(2)8-7(12)5-9-6-10-8/h5-6,12H,3-4H2,1-2H3. The summed E-state index contributed by atoms with van der Waals surface area (Å²) >= 11 is 0. The Labute approximate surface area is 71.9 Å². The van der Waals surface area contributed by atoms with E-state index in [2.05, 4.69) is 16.9 Å². The van der Waals surface area contributed by atoms with Gasteiger partial charge in [0.1, 0.15) is 6.33 Å². The second-order valence-electron chi connectivity index (χ2n) is 2.65. The van der Waals surface area contributed by atoms with Crippen LogP contribution in [0.25, 0.3) is 0 Å². The molecule has 4 nitrogen and oxygen atoms in total. The van der Waals surface area contributed by atoms with Gasteiger partial charge in [0, 0.05) is 13.6 Å². The molecular formula is C8H13N3O. The van der Waals surface area contributed by atoms with Crippen molar-refractivity contribution >= 4 is 5.82 Å². The van der Waals surface area contributed by atoms with Crippen LogP contribution in [-0.2, 0) is 0 Å². The molecule has 0 saturated carbocycles. The van der Waals surface area contributed by atoms with Crippen LogP contribution in [0.5, 0.6) is 5.75 Å². The van der Waals surface area contributed by atoms with E-state index < -0.39 is 0 Å². The first-order valence-corrected chi connectivity index (χ1v) is 3.95. The van der Waals surface area contributed by atoms with Crippen molar-refractivity contribution in [2.45, 2.75) is 13.3 Å². The van der Waals surface area contributed by atoms with E-state index in [1.807, 2.05) is 11.9 Å². The summed E-state index contributed by atoms with van der Waals surface area (Å²) in [5.41, 5.74) is 0. The molecule has 0 spiro atoms. The number of aromatic nitrogens is 2. The quantitative estimate of drug-likeness (QED) is 0.730. The summed E-state index contributed by atoms with van der Waals surface area (Å²) in [5.74, 6) is 0.723. The van der Waals surface area contributed by atoms with Crippen molar-refractivity contribution in [1.82, 2.24) is 9.97 Å². The Morgan fingerprint density at radius 3 is 2.92 bits per heavy atom. The lowest BCUT2D eigenvalue weighted by molar-refractivity contribution is 0.469. The summed E-state index contributed by atoms with van der Waals surface area (Å²) in [7, 11) is 1.89. The predicted octanol–water partition coefficient (Wildman–Crippen LogP) is 1.03. The van der Waals surface area contributed by atoms with E-state index in [0.717, 1.165) is 13.0 Å². The van der Waals surface area contributed by atoms with E-state index in [0.29, 0.717) is 5.82 Å². The predicted molar refractivity (Wildman–Crippen MR) is 47.3 cm³/mol. The van der Waals surface area contributed by atoms with Crippen molar-refractivity contribution in [3.8, 4) is 5.75 Å². The maximum atomic E-state index is 9.34. The molecule has 1 aromatic heterocycles. The van der Waals surface area contributed by atoms with Gasteiger partial charge in [-0.3, -0.25) is 0 Å². The minimum Gasteiger partial charge on any atom is -0.503 e. The topological polar surface area (TPSA) is 49.2 Å². The molecule has 1 aromatic rings. The lowest BCUT2D eigenvalue weighted by atomic mass is 10.4. The Morgan fingerprint density at radius 1 is 1.58 bits per heavy atom. The molecule has 4 heteroatoms. The summed E-state index contributed by atoms with van der Waals surface area (Å²) in [5, 5.41) is 9.34. The van der Waals surface area contributed by atoms with Gasteiger partial charge in [0.05, 0.1) is 6.20 Å². The number of hydrogen-bond acceptors (Lipinski definition) is 4. The van der Waals surface area contributed by atoms with Gasteiger partial charge in [0.25, 0.3) is 0 Å². The van der Waals surface area contributed by atoms with Crippen molar-refractivity contribution < 1.29 is 5.11 Å². The summed E-state index contributed by atoms with van der Waals surface area (Å²) in [4.78, 5) is 9.56. The molecule has 1 rings (SSSR count). The molecule has 0 fully saturated rings. The molecule has 0 unspecified atom stereocenters. The first-order valence-electron chi connectivity index (χ1n) is 3.95. The van der Waals surface area contributed by atoms with Crippen molar-refractivity contribution in [2.24, 2.45) is 0 Å². The van der Waals surface area contributed by atoms with E-state index in [-0.39, 0.29) is 5.75 Å². The third kappa shape index (κ3) is 1.84. The zero-order valence-electron chi connectivity index (χ0n) is 7.36. The van der Waals surface area contributed by atoms with Crippen LogP contribution in [0.2, 0.25) is 0 Å². The summed E-state index contributed by atoms with van der Waals surface area (Å²) in [6.45, 7) is 2.96. The van der Waals surface area contributed by atoms with Crippen molar-refractivity contribution in [1.29, 1.82) is 0 Å². The molecule has 1 heterocycles. The van der Waals surface area contributed by atoms with Gasteiger partial charge in [0.2, 0.25) is 0 Å². The van der Waals surface area contributed by atoms with Gasteiger partial charge in [0.15, 0.2) is 11.6 Å². The Bertz CT molecular complexity index is 252. The second kappa shape index (κ2) is 3.90. The smallest absolute Gasteiger partial charge is 0.177 e. The summed E-state index contributed by atoms with van der Waals surface area (Å²) < 4.78 is 0. The monoisotopic (exact) mass is 167 g/mol. The van der Waals surface area contributed by atoms with E-state index >= 15 is 0 Å². The molecule has 1 N–H and O–H groups in total. The zero-order valence-corrected chi connectivity index (χ0v) is 7.36. The van der Waals surface area contributed by atoms with Crippen LogP contribution in [0.15, 0.2) is 12.5 Å². The third-order valence-corrected chi connectivity index (χ3v) is 1.59. The van der Waals surface area contributed by atoms with Gasteiger partial charge >= 0.3 is 0 Å². The maximum absolute atomic E-state index is 9.34. The van der Waals surface area contributed by atoms with Crippen molar-refractivity contribution in [3.05, 3.63) is 12.5 Å². The fraction of sp³-hybridized carbons (Fsp3) is 0.500. The molecule has 0 saturated heterocycles. The molecule has 0 aliphatic rings. The molecule has 0 aromatic carbocycles. The van der Waals surface area contributed by atoms with E-state index in [1.165, 1.54) is 12.5 Å². The highest BCUT2D eigenvalue weighted by Crippen LogP contribution is 2.20. The Morgan fingerprint density at radius 2 is 2.33 bits per heavy atom. The number of rotatable bonds is 3. The second-order valence-corrected chi connectivity index (χ2v) is 2.65. The first kappa shape index (κ1) is 8.77. The van der Waals surface area contributed by atoms with Crippen LogP contribution in [0.3, 0.4) is 0 Å². The van der Waals surface area contributed by atoms with E-state index in [4.69, 9.17) is 0 Å². The average molecular weight is 167 g/mol. The lowest BCUT2D eigenvalue weighted by Crippen LogP contribution is -2.19. The van der Waals surface area contributed by atoms with Gasteiger partial charge in [-0.05, 0) is 6.42 Å². The number of nitrogens with zero attached hydrogens (tertiary/aromatic N) is 3. The van der Waals surface area contributed by atoms with Crippen LogP contribution < -0.4 is 4.90 Å². The molecule has 12 heavy (non-hydrogen) atoms. The Kier molecular flexibility index (Phi) is 2.85. The molecule has 0 aliphatic heterocycles. The Balaban J connectivity index is 2.79. The fourth-order valence-corrected chi connectivity index (χ4v) is 1.05. The van der Waals surface area contributed by atoms with E-state index in [1.54, 1.807) is 0 Å². The van der Waals surface area contributed by atoms with Gasteiger partial charge in [-0.15, -0.1) is 0 Å². The van der Waals surface area contributed by atoms with Gasteiger partial charge in [-0.1, -0.05) is 6.92 Å². The Hall–Kier alpha value is -1.32. The summed E-state index contributed by atoms with van der Waals surface area (Å²) in [6, 6.07) is 0. The molecule has 0 bridgehead atoms. The van der Waals surface area contributed by atoms with Crippen LogP contribution in [0.4, 0.5) is 5.82 Å². The summed E-state index contributed by atoms with van der Waals surface area (Å²) in [6.07, 6.45) is 3.86. The normalized spacial score (nSPS) is 9.83. The number of anilines is 1. The third-order valence-electron chi connectivity index (χ3n) is 1.59. The highest BCUT2D eigenvalue weighted by molar-refractivity contribution is 5.48. The van der Waals surface area contributed by atoms with Crippen LogP contribution in [0.1, 0.15) is 13.3 Å². The van der Waals surface area contributed by atoms with Gasteiger partial charge < -0.3 is 10.0 Å².